The predicted octanol–water partition coefficient (Wildman–Crippen LogP) is 2.74. The molecule has 114 valence electrons. The first-order valence-electron chi connectivity index (χ1n) is 7.11. The van der Waals surface area contributed by atoms with Crippen molar-refractivity contribution in [2.24, 2.45) is 0 Å². The minimum atomic E-state index is -0.989. The lowest BCUT2D eigenvalue weighted by Crippen LogP contribution is -2.16. The van der Waals surface area contributed by atoms with Crippen LogP contribution in [0.5, 0.6) is 11.5 Å². The third-order valence-electron chi connectivity index (χ3n) is 3.04. The highest BCUT2D eigenvalue weighted by molar-refractivity contribution is 5.86. The van der Waals surface area contributed by atoms with Crippen molar-refractivity contribution in [3.05, 3.63) is 29.8 Å². The van der Waals surface area contributed by atoms with Gasteiger partial charge in [-0.15, -0.1) is 0 Å². The molecule has 0 aliphatic carbocycles. The number of carbonyl (C=O) groups is 1. The standard InChI is InChI=1S/C16H20O5/c1-2-8-20-13-5-3-12(4-6-16(17)18)15(10-13)21-14-7-9-19-11-14/h3-6,10,14H,2,7-9,11H2,1H3,(H,17,18). The lowest BCUT2D eigenvalue weighted by Gasteiger charge is -2.15. The van der Waals surface area contributed by atoms with Crippen LogP contribution in [0, 0.1) is 0 Å². The molecule has 1 fully saturated rings. The van der Waals surface area contributed by atoms with Gasteiger partial charge in [0.1, 0.15) is 17.6 Å². The topological polar surface area (TPSA) is 65.0 Å². The number of hydrogen-bond acceptors (Lipinski definition) is 4. The van der Waals surface area contributed by atoms with Crippen LogP contribution in [0.4, 0.5) is 0 Å². The summed E-state index contributed by atoms with van der Waals surface area (Å²) in [6, 6.07) is 5.42. The minimum absolute atomic E-state index is 0.00315. The number of rotatable bonds is 7. The van der Waals surface area contributed by atoms with Crippen molar-refractivity contribution in [3.8, 4) is 11.5 Å². The van der Waals surface area contributed by atoms with Crippen LogP contribution < -0.4 is 9.47 Å². The molecule has 1 saturated heterocycles. The zero-order valence-electron chi connectivity index (χ0n) is 12.1. The van der Waals surface area contributed by atoms with Crippen molar-refractivity contribution in [2.45, 2.75) is 25.9 Å². The summed E-state index contributed by atoms with van der Waals surface area (Å²) in [5, 5.41) is 8.75. The minimum Gasteiger partial charge on any atom is -0.493 e. The second-order valence-corrected chi connectivity index (χ2v) is 4.82. The van der Waals surface area contributed by atoms with Gasteiger partial charge in [-0.2, -0.15) is 0 Å². The van der Waals surface area contributed by atoms with E-state index >= 15 is 0 Å². The van der Waals surface area contributed by atoms with Gasteiger partial charge in [0.2, 0.25) is 0 Å². The summed E-state index contributed by atoms with van der Waals surface area (Å²) in [7, 11) is 0. The number of aliphatic carboxylic acids is 1. The molecule has 1 aromatic rings. The first-order valence-corrected chi connectivity index (χ1v) is 7.11. The normalized spacial score (nSPS) is 18.0. The number of ether oxygens (including phenoxy) is 3. The summed E-state index contributed by atoms with van der Waals surface area (Å²) < 4.78 is 16.8. The van der Waals surface area contributed by atoms with Crippen LogP contribution in [-0.2, 0) is 9.53 Å². The Labute approximate surface area is 124 Å². The molecular formula is C16H20O5. The largest absolute Gasteiger partial charge is 0.493 e. The molecule has 0 bridgehead atoms. The molecule has 2 rings (SSSR count). The Morgan fingerprint density at radius 2 is 2.38 bits per heavy atom. The van der Waals surface area contributed by atoms with Gasteiger partial charge in [0.25, 0.3) is 0 Å². The fourth-order valence-electron chi connectivity index (χ4n) is 2.01. The third-order valence-corrected chi connectivity index (χ3v) is 3.04. The van der Waals surface area contributed by atoms with E-state index in [0.717, 1.165) is 24.7 Å². The van der Waals surface area contributed by atoms with Gasteiger partial charge in [-0.1, -0.05) is 6.92 Å². The van der Waals surface area contributed by atoms with E-state index in [1.54, 1.807) is 12.1 Å². The lowest BCUT2D eigenvalue weighted by molar-refractivity contribution is -0.131. The zero-order chi connectivity index (χ0) is 15.1. The first kappa shape index (κ1) is 15.4. The molecule has 1 aliphatic rings. The van der Waals surface area contributed by atoms with Crippen LogP contribution in [0.1, 0.15) is 25.3 Å². The third kappa shape index (κ3) is 4.79. The van der Waals surface area contributed by atoms with Crippen molar-refractivity contribution in [1.82, 2.24) is 0 Å². The van der Waals surface area contributed by atoms with Crippen molar-refractivity contribution < 1.29 is 24.1 Å². The van der Waals surface area contributed by atoms with Crippen molar-refractivity contribution in [1.29, 1.82) is 0 Å². The summed E-state index contributed by atoms with van der Waals surface area (Å²) in [5.41, 5.74) is 0.716. The van der Waals surface area contributed by atoms with Crippen LogP contribution in [0.2, 0.25) is 0 Å². The van der Waals surface area contributed by atoms with Gasteiger partial charge in [-0.3, -0.25) is 0 Å². The maximum atomic E-state index is 10.7. The lowest BCUT2D eigenvalue weighted by atomic mass is 10.1. The second kappa shape index (κ2) is 7.69. The average molecular weight is 292 g/mol. The van der Waals surface area contributed by atoms with Crippen LogP contribution in [0.15, 0.2) is 24.3 Å². The molecule has 5 heteroatoms. The van der Waals surface area contributed by atoms with E-state index in [1.807, 2.05) is 13.0 Å². The van der Waals surface area contributed by atoms with Crippen molar-refractivity contribution >= 4 is 12.0 Å². The van der Waals surface area contributed by atoms with Crippen LogP contribution in [0.3, 0.4) is 0 Å². The van der Waals surface area contributed by atoms with E-state index in [1.165, 1.54) is 6.08 Å². The van der Waals surface area contributed by atoms with Crippen molar-refractivity contribution in [2.75, 3.05) is 19.8 Å². The van der Waals surface area contributed by atoms with Gasteiger partial charge < -0.3 is 19.3 Å². The number of benzene rings is 1. The maximum Gasteiger partial charge on any atom is 0.328 e. The highest BCUT2D eigenvalue weighted by Crippen LogP contribution is 2.28. The Balaban J connectivity index is 2.18. The number of carboxylic acids is 1. The Kier molecular flexibility index (Phi) is 5.63. The van der Waals surface area contributed by atoms with Crippen LogP contribution in [0.25, 0.3) is 6.08 Å². The molecule has 0 radical (unpaired) electrons. The molecule has 0 aromatic heterocycles. The fourth-order valence-corrected chi connectivity index (χ4v) is 2.01. The predicted molar refractivity (Wildman–Crippen MR) is 78.7 cm³/mol. The van der Waals surface area contributed by atoms with Gasteiger partial charge in [-0.25, -0.2) is 4.79 Å². The Morgan fingerprint density at radius 1 is 1.52 bits per heavy atom. The second-order valence-electron chi connectivity index (χ2n) is 4.82. The van der Waals surface area contributed by atoms with E-state index in [-0.39, 0.29) is 6.10 Å². The smallest absolute Gasteiger partial charge is 0.328 e. The van der Waals surface area contributed by atoms with E-state index < -0.39 is 5.97 Å². The first-order chi connectivity index (χ1) is 10.2. The average Bonchev–Trinajstić information content (AvgIpc) is 2.97. The molecule has 1 aliphatic heterocycles. The SMILES string of the molecule is CCCOc1ccc(C=CC(=O)O)c(OC2CCOC2)c1. The van der Waals surface area contributed by atoms with Gasteiger partial charge in [0.15, 0.2) is 0 Å². The molecule has 1 unspecified atom stereocenters. The van der Waals surface area contributed by atoms with E-state index in [2.05, 4.69) is 0 Å². The molecule has 1 N–H and O–H groups in total. The van der Waals surface area contributed by atoms with E-state index in [9.17, 15) is 4.79 Å². The molecule has 1 atom stereocenters. The maximum absolute atomic E-state index is 10.7. The van der Waals surface area contributed by atoms with Gasteiger partial charge >= 0.3 is 5.97 Å². The summed E-state index contributed by atoms with van der Waals surface area (Å²) in [6.45, 7) is 3.92. The molecule has 1 heterocycles. The number of hydrogen-bond donors (Lipinski definition) is 1. The molecule has 21 heavy (non-hydrogen) atoms. The molecular weight excluding hydrogens is 272 g/mol. The summed E-state index contributed by atoms with van der Waals surface area (Å²) in [4.78, 5) is 10.7. The van der Waals surface area contributed by atoms with Gasteiger partial charge in [0.05, 0.1) is 19.8 Å². The van der Waals surface area contributed by atoms with Gasteiger partial charge in [-0.05, 0) is 24.6 Å². The highest BCUT2D eigenvalue weighted by atomic mass is 16.5. The molecule has 0 amide bonds. The Bertz CT molecular complexity index is 503. The molecule has 0 spiro atoms. The highest BCUT2D eigenvalue weighted by Gasteiger charge is 2.18. The quantitative estimate of drug-likeness (QED) is 0.783. The summed E-state index contributed by atoms with van der Waals surface area (Å²) >= 11 is 0. The molecule has 5 nitrogen and oxygen atoms in total. The Hall–Kier alpha value is -2.01. The van der Waals surface area contributed by atoms with E-state index in [4.69, 9.17) is 19.3 Å². The monoisotopic (exact) mass is 292 g/mol. The van der Waals surface area contributed by atoms with Gasteiger partial charge in [0, 0.05) is 24.1 Å². The van der Waals surface area contributed by atoms with Crippen LogP contribution >= 0.6 is 0 Å². The zero-order valence-corrected chi connectivity index (χ0v) is 12.1. The summed E-state index contributed by atoms with van der Waals surface area (Å²) in [5.74, 6) is 0.353. The number of carboxylic acid groups (broad SMARTS) is 1. The molecule has 0 saturated carbocycles. The summed E-state index contributed by atoms with van der Waals surface area (Å²) in [6.07, 6.45) is 4.38. The van der Waals surface area contributed by atoms with Crippen molar-refractivity contribution in [3.63, 3.8) is 0 Å². The van der Waals surface area contributed by atoms with Crippen LogP contribution in [-0.4, -0.2) is 37.0 Å². The Morgan fingerprint density at radius 3 is 3.05 bits per heavy atom. The van der Waals surface area contributed by atoms with E-state index in [0.29, 0.717) is 31.1 Å². The fraction of sp³-hybridized carbons (Fsp3) is 0.438. The molecule has 1 aromatic carbocycles.